The van der Waals surface area contributed by atoms with Crippen molar-refractivity contribution in [3.63, 3.8) is 0 Å². The molecule has 3 N–H and O–H groups in total. The lowest BCUT2D eigenvalue weighted by atomic mass is 10.1. The molecule has 1 saturated heterocycles. The van der Waals surface area contributed by atoms with Crippen LogP contribution in [0.3, 0.4) is 0 Å². The number of nitrogens with zero attached hydrogens (tertiary/aromatic N) is 1. The van der Waals surface area contributed by atoms with E-state index in [9.17, 15) is 18.7 Å². The van der Waals surface area contributed by atoms with E-state index in [0.717, 1.165) is 12.1 Å². The summed E-state index contributed by atoms with van der Waals surface area (Å²) >= 11 is 0. The van der Waals surface area contributed by atoms with Gasteiger partial charge >= 0.3 is 0 Å². The summed E-state index contributed by atoms with van der Waals surface area (Å²) in [6.45, 7) is 0.579. The number of aliphatic hydroxyl groups is 1. The first-order valence-electron chi connectivity index (χ1n) is 5.21. The molecular weight excluding hydrogens is 230 g/mol. The van der Waals surface area contributed by atoms with Crippen molar-refractivity contribution >= 4 is 11.6 Å². The van der Waals surface area contributed by atoms with Crippen molar-refractivity contribution < 1.29 is 18.7 Å². The zero-order valence-corrected chi connectivity index (χ0v) is 8.99. The largest absolute Gasteiger partial charge is 0.398 e. The summed E-state index contributed by atoms with van der Waals surface area (Å²) in [6.07, 6.45) is -0.0829. The van der Waals surface area contributed by atoms with Gasteiger partial charge in [-0.2, -0.15) is 0 Å². The Kier molecular flexibility index (Phi) is 2.97. The molecule has 0 spiro atoms. The third-order valence-electron chi connectivity index (χ3n) is 2.77. The van der Waals surface area contributed by atoms with Gasteiger partial charge in [-0.3, -0.25) is 4.79 Å². The van der Waals surface area contributed by atoms with Gasteiger partial charge in [0.25, 0.3) is 5.91 Å². The number of halogens is 2. The van der Waals surface area contributed by atoms with Crippen LogP contribution in [0.2, 0.25) is 0 Å². The third-order valence-corrected chi connectivity index (χ3v) is 2.77. The fraction of sp³-hybridized carbons (Fsp3) is 0.364. The summed E-state index contributed by atoms with van der Waals surface area (Å²) < 4.78 is 25.9. The lowest BCUT2D eigenvalue weighted by Gasteiger charge is -2.16. The molecule has 0 unspecified atom stereocenters. The van der Waals surface area contributed by atoms with Crippen molar-refractivity contribution in [2.75, 3.05) is 18.8 Å². The Hall–Kier alpha value is -1.69. The van der Waals surface area contributed by atoms with Crippen molar-refractivity contribution in [1.82, 2.24) is 4.90 Å². The van der Waals surface area contributed by atoms with Crippen LogP contribution < -0.4 is 5.73 Å². The first kappa shape index (κ1) is 11.8. The molecule has 1 aliphatic heterocycles. The topological polar surface area (TPSA) is 66.6 Å². The summed E-state index contributed by atoms with van der Waals surface area (Å²) in [5, 5.41) is 9.30. The molecule has 2 rings (SSSR count). The van der Waals surface area contributed by atoms with Crippen LogP contribution in [-0.2, 0) is 0 Å². The molecule has 92 valence electrons. The van der Waals surface area contributed by atoms with Gasteiger partial charge < -0.3 is 15.7 Å². The molecule has 0 aliphatic carbocycles. The second-order valence-corrected chi connectivity index (χ2v) is 4.05. The Morgan fingerprint density at radius 2 is 2.06 bits per heavy atom. The molecule has 0 aromatic heterocycles. The van der Waals surface area contributed by atoms with Crippen molar-refractivity contribution in [3.8, 4) is 0 Å². The van der Waals surface area contributed by atoms with E-state index in [-0.39, 0.29) is 17.8 Å². The molecule has 1 amide bonds. The number of nitrogen functional groups attached to an aromatic ring is 1. The monoisotopic (exact) mass is 242 g/mol. The van der Waals surface area contributed by atoms with Gasteiger partial charge in [0, 0.05) is 24.8 Å². The van der Waals surface area contributed by atoms with E-state index in [1.165, 1.54) is 4.90 Å². The Bertz CT molecular complexity index is 465. The van der Waals surface area contributed by atoms with Crippen molar-refractivity contribution in [2.24, 2.45) is 0 Å². The molecule has 0 saturated carbocycles. The van der Waals surface area contributed by atoms with Crippen molar-refractivity contribution in [1.29, 1.82) is 0 Å². The fourth-order valence-corrected chi connectivity index (χ4v) is 1.84. The standard InChI is InChI=1S/C11H12F2N2O2/c12-8-3-7(10(14)4-9(8)13)11(17)15-2-1-6(16)5-15/h3-4,6,16H,1-2,5,14H2/t6-/m1/s1. The Morgan fingerprint density at radius 3 is 2.65 bits per heavy atom. The second kappa shape index (κ2) is 4.29. The van der Waals surface area contributed by atoms with Crippen LogP contribution in [-0.4, -0.2) is 35.1 Å². The molecule has 0 radical (unpaired) electrons. The van der Waals surface area contributed by atoms with Crippen molar-refractivity contribution in [3.05, 3.63) is 29.3 Å². The number of hydrogen-bond donors (Lipinski definition) is 2. The summed E-state index contributed by atoms with van der Waals surface area (Å²) in [5.41, 5.74) is 5.30. The number of nitrogens with two attached hydrogens (primary N) is 1. The van der Waals surface area contributed by atoms with Crippen LogP contribution in [0, 0.1) is 11.6 Å². The Labute approximate surface area is 96.6 Å². The fourth-order valence-electron chi connectivity index (χ4n) is 1.84. The minimum Gasteiger partial charge on any atom is -0.398 e. The molecule has 1 heterocycles. The van der Waals surface area contributed by atoms with Crippen LogP contribution in [0.1, 0.15) is 16.8 Å². The summed E-state index contributed by atoms with van der Waals surface area (Å²) in [6, 6.07) is 1.58. The van der Waals surface area contributed by atoms with Crippen LogP contribution in [0.15, 0.2) is 12.1 Å². The molecule has 6 heteroatoms. The maximum Gasteiger partial charge on any atom is 0.256 e. The van der Waals surface area contributed by atoms with Gasteiger partial charge in [-0.05, 0) is 12.5 Å². The van der Waals surface area contributed by atoms with Gasteiger partial charge in [0.15, 0.2) is 11.6 Å². The van der Waals surface area contributed by atoms with Gasteiger partial charge in [-0.15, -0.1) is 0 Å². The van der Waals surface area contributed by atoms with E-state index in [1.54, 1.807) is 0 Å². The quantitative estimate of drug-likeness (QED) is 0.714. The summed E-state index contributed by atoms with van der Waals surface area (Å²) in [4.78, 5) is 13.3. The van der Waals surface area contributed by atoms with Gasteiger partial charge in [0.05, 0.1) is 11.7 Å². The number of likely N-dealkylation sites (tertiary alicyclic amines) is 1. The number of β-amino-alcohol motifs (C(OH)–C–C–N with tert-alkyl or cyclic N) is 1. The number of carbonyl (C=O) groups is 1. The number of carbonyl (C=O) groups excluding carboxylic acids is 1. The van der Waals surface area contributed by atoms with E-state index in [2.05, 4.69) is 0 Å². The molecule has 1 aliphatic rings. The predicted molar refractivity (Wildman–Crippen MR) is 57.3 cm³/mol. The number of anilines is 1. The maximum absolute atomic E-state index is 13.0. The molecule has 0 bridgehead atoms. The minimum atomic E-state index is -1.11. The van der Waals surface area contributed by atoms with E-state index in [0.29, 0.717) is 13.0 Å². The highest BCUT2D eigenvalue weighted by Crippen LogP contribution is 2.21. The van der Waals surface area contributed by atoms with E-state index >= 15 is 0 Å². The molecular formula is C11H12F2N2O2. The molecule has 17 heavy (non-hydrogen) atoms. The number of aliphatic hydroxyl groups excluding tert-OH is 1. The highest BCUT2D eigenvalue weighted by Gasteiger charge is 2.27. The molecule has 4 nitrogen and oxygen atoms in total. The third kappa shape index (κ3) is 2.21. The second-order valence-electron chi connectivity index (χ2n) is 4.05. The average Bonchev–Trinajstić information content (AvgIpc) is 2.69. The molecule has 1 aromatic rings. The van der Waals surface area contributed by atoms with Crippen LogP contribution >= 0.6 is 0 Å². The zero-order chi connectivity index (χ0) is 12.6. The minimum absolute atomic E-state index is 0.0713. The lowest BCUT2D eigenvalue weighted by Crippen LogP contribution is -2.30. The van der Waals surface area contributed by atoms with E-state index < -0.39 is 23.6 Å². The van der Waals surface area contributed by atoms with Gasteiger partial charge in [-0.25, -0.2) is 8.78 Å². The Balaban J connectivity index is 2.28. The highest BCUT2D eigenvalue weighted by atomic mass is 19.2. The molecule has 1 aromatic carbocycles. The van der Waals surface area contributed by atoms with E-state index in [4.69, 9.17) is 5.73 Å². The summed E-state index contributed by atoms with van der Waals surface area (Å²) in [7, 11) is 0. The maximum atomic E-state index is 13.0. The first-order chi connectivity index (χ1) is 7.99. The normalized spacial score (nSPS) is 19.7. The van der Waals surface area contributed by atoms with Crippen molar-refractivity contribution in [2.45, 2.75) is 12.5 Å². The Morgan fingerprint density at radius 1 is 1.41 bits per heavy atom. The van der Waals surface area contributed by atoms with Gasteiger partial charge in [0.1, 0.15) is 0 Å². The van der Waals surface area contributed by atoms with Gasteiger partial charge in [-0.1, -0.05) is 0 Å². The van der Waals surface area contributed by atoms with Gasteiger partial charge in [0.2, 0.25) is 0 Å². The molecule has 1 atom stereocenters. The van der Waals surface area contributed by atoms with Crippen LogP contribution in [0.5, 0.6) is 0 Å². The highest BCUT2D eigenvalue weighted by molar-refractivity contribution is 5.99. The molecule has 1 fully saturated rings. The number of rotatable bonds is 1. The SMILES string of the molecule is Nc1cc(F)c(F)cc1C(=O)N1CC[C@@H](O)C1. The number of amides is 1. The zero-order valence-electron chi connectivity index (χ0n) is 8.99. The lowest BCUT2D eigenvalue weighted by molar-refractivity contribution is 0.0765. The predicted octanol–water partition coefficient (Wildman–Crippen LogP) is 0.754. The average molecular weight is 242 g/mol. The first-order valence-corrected chi connectivity index (χ1v) is 5.21. The number of benzene rings is 1. The number of hydrogen-bond acceptors (Lipinski definition) is 3. The smallest absolute Gasteiger partial charge is 0.256 e. The van der Waals surface area contributed by atoms with Crippen LogP contribution in [0.4, 0.5) is 14.5 Å². The summed E-state index contributed by atoms with van der Waals surface area (Å²) in [5.74, 6) is -2.68. The van der Waals surface area contributed by atoms with Crippen LogP contribution in [0.25, 0.3) is 0 Å². The van der Waals surface area contributed by atoms with E-state index in [1.807, 2.05) is 0 Å².